The van der Waals surface area contributed by atoms with Gasteiger partial charge in [0, 0.05) is 34.9 Å². The van der Waals surface area contributed by atoms with Crippen LogP contribution in [0, 0.1) is 26.7 Å². The van der Waals surface area contributed by atoms with Crippen molar-refractivity contribution in [1.82, 2.24) is 14.9 Å². The zero-order valence-corrected chi connectivity index (χ0v) is 25.5. The fraction of sp³-hybridized carbons (Fsp3) is 0.250. The van der Waals surface area contributed by atoms with Gasteiger partial charge < -0.3 is 25.2 Å². The molecule has 0 spiro atoms. The first-order valence-corrected chi connectivity index (χ1v) is 14.4. The molecule has 0 unspecified atom stereocenters. The van der Waals surface area contributed by atoms with E-state index in [1.54, 1.807) is 30.5 Å². The Morgan fingerprint density at radius 1 is 1.07 bits per heavy atom. The fourth-order valence-corrected chi connectivity index (χ4v) is 5.99. The predicted octanol–water partition coefficient (Wildman–Crippen LogP) is 6.92. The minimum absolute atomic E-state index is 0.120. The minimum atomic E-state index is -0.976. The smallest absolute Gasteiger partial charge is 0.335 e. The summed E-state index contributed by atoms with van der Waals surface area (Å²) in [6.07, 6.45) is 1.76. The zero-order chi connectivity index (χ0) is 30.3. The maximum atomic E-state index is 12.3. The minimum Gasteiger partial charge on any atom is -0.478 e. The van der Waals surface area contributed by atoms with Gasteiger partial charge in [-0.1, -0.05) is 37.6 Å². The van der Waals surface area contributed by atoms with E-state index in [-0.39, 0.29) is 29.5 Å². The van der Waals surface area contributed by atoms with Crippen molar-refractivity contribution in [2.24, 2.45) is 5.92 Å². The standard InChI is InChI=1S/C32H32ClN5O3S/c1-17(2)30(39)35-25-12-11-22(16-24(25)33)38-29(28(36-32(38)42)26-8-6-7-13-34-26)23-14-19(4)37(20(23)5)27-15-21(31(40)41)10-9-18(27)3/h6-17,28-29H,1-5H3,(H,35,39)(H,36,42)(H,40,41)/t28-,29+/m1/s1. The number of aryl methyl sites for hydroxylation is 2. The second kappa shape index (κ2) is 11.6. The lowest BCUT2D eigenvalue weighted by Crippen LogP contribution is -2.29. The molecule has 5 rings (SSSR count). The average molecular weight is 602 g/mol. The van der Waals surface area contributed by atoms with Crippen LogP contribution in [0.15, 0.2) is 66.9 Å². The van der Waals surface area contributed by atoms with Crippen LogP contribution in [0.25, 0.3) is 5.69 Å². The van der Waals surface area contributed by atoms with Gasteiger partial charge in [-0.15, -0.1) is 0 Å². The molecule has 42 heavy (non-hydrogen) atoms. The molecule has 4 aromatic rings. The molecule has 10 heteroatoms. The number of rotatable bonds is 7. The molecule has 0 radical (unpaired) electrons. The van der Waals surface area contributed by atoms with Gasteiger partial charge in [0.05, 0.1) is 34.1 Å². The number of carbonyl (C=O) groups is 2. The molecule has 1 aliphatic heterocycles. The highest BCUT2D eigenvalue weighted by atomic mass is 35.5. The van der Waals surface area contributed by atoms with Crippen molar-refractivity contribution in [3.8, 4) is 5.69 Å². The van der Waals surface area contributed by atoms with Crippen LogP contribution >= 0.6 is 23.8 Å². The highest BCUT2D eigenvalue weighted by Gasteiger charge is 2.42. The topological polar surface area (TPSA) is 99.5 Å². The molecule has 0 saturated carbocycles. The number of anilines is 2. The van der Waals surface area contributed by atoms with Gasteiger partial charge in [-0.3, -0.25) is 9.78 Å². The van der Waals surface area contributed by atoms with Crippen LogP contribution in [0.1, 0.15) is 64.5 Å². The number of nitrogens with one attached hydrogen (secondary N) is 2. The van der Waals surface area contributed by atoms with E-state index in [4.69, 9.17) is 23.8 Å². The van der Waals surface area contributed by atoms with Gasteiger partial charge in [-0.2, -0.15) is 0 Å². The highest BCUT2D eigenvalue weighted by Crippen LogP contribution is 2.45. The molecular formula is C32H32ClN5O3S. The Morgan fingerprint density at radius 2 is 1.83 bits per heavy atom. The molecule has 1 amide bonds. The summed E-state index contributed by atoms with van der Waals surface area (Å²) in [4.78, 5) is 30.8. The number of hydrogen-bond acceptors (Lipinski definition) is 4. The molecule has 1 fully saturated rings. The fourth-order valence-electron chi connectivity index (χ4n) is 5.42. The van der Waals surface area contributed by atoms with E-state index in [0.29, 0.717) is 15.8 Å². The van der Waals surface area contributed by atoms with Crippen molar-refractivity contribution >= 4 is 52.2 Å². The Morgan fingerprint density at radius 3 is 2.48 bits per heavy atom. The number of hydrogen-bond donors (Lipinski definition) is 3. The van der Waals surface area contributed by atoms with Gasteiger partial charge in [-0.05, 0) is 92.6 Å². The Kier molecular flexibility index (Phi) is 8.08. The predicted molar refractivity (Wildman–Crippen MR) is 170 cm³/mol. The summed E-state index contributed by atoms with van der Waals surface area (Å²) in [6.45, 7) is 9.65. The molecule has 8 nitrogen and oxygen atoms in total. The molecular weight excluding hydrogens is 570 g/mol. The highest BCUT2D eigenvalue weighted by molar-refractivity contribution is 7.80. The molecule has 2 aromatic heterocycles. The van der Waals surface area contributed by atoms with Gasteiger partial charge in [0.2, 0.25) is 5.91 Å². The van der Waals surface area contributed by atoms with Crippen molar-refractivity contribution in [2.75, 3.05) is 10.2 Å². The summed E-state index contributed by atoms with van der Waals surface area (Å²) in [6, 6.07) is 17.9. The number of amides is 1. The Balaban J connectivity index is 1.64. The van der Waals surface area contributed by atoms with Gasteiger partial charge in [0.1, 0.15) is 0 Å². The van der Waals surface area contributed by atoms with Crippen LogP contribution in [0.2, 0.25) is 5.02 Å². The normalized spacial score (nSPS) is 16.5. The first-order chi connectivity index (χ1) is 20.0. The first kappa shape index (κ1) is 29.3. The van der Waals surface area contributed by atoms with Crippen molar-refractivity contribution < 1.29 is 14.7 Å². The summed E-state index contributed by atoms with van der Waals surface area (Å²) >= 11 is 12.6. The van der Waals surface area contributed by atoms with E-state index < -0.39 is 5.97 Å². The Hall–Kier alpha value is -4.21. The third-order valence-electron chi connectivity index (χ3n) is 7.60. The second-order valence-corrected chi connectivity index (χ2v) is 11.6. The molecule has 2 aromatic carbocycles. The number of aromatic nitrogens is 2. The van der Waals surface area contributed by atoms with E-state index >= 15 is 0 Å². The van der Waals surface area contributed by atoms with Crippen LogP contribution in [0.5, 0.6) is 0 Å². The number of carbonyl (C=O) groups excluding carboxylic acids is 1. The maximum absolute atomic E-state index is 12.3. The van der Waals surface area contributed by atoms with Crippen molar-refractivity contribution in [2.45, 2.75) is 46.7 Å². The first-order valence-electron chi connectivity index (χ1n) is 13.6. The molecule has 2 atom stereocenters. The monoisotopic (exact) mass is 601 g/mol. The third-order valence-corrected chi connectivity index (χ3v) is 8.22. The van der Waals surface area contributed by atoms with Gasteiger partial charge in [0.15, 0.2) is 5.11 Å². The summed E-state index contributed by atoms with van der Waals surface area (Å²) in [5.74, 6) is -1.28. The molecule has 3 N–H and O–H groups in total. The zero-order valence-electron chi connectivity index (χ0n) is 24.0. The van der Waals surface area contributed by atoms with Gasteiger partial charge >= 0.3 is 5.97 Å². The van der Waals surface area contributed by atoms with Gasteiger partial charge in [-0.25, -0.2) is 4.79 Å². The van der Waals surface area contributed by atoms with Crippen LogP contribution < -0.4 is 15.5 Å². The summed E-state index contributed by atoms with van der Waals surface area (Å²) in [5.41, 5.74) is 7.01. The lowest BCUT2D eigenvalue weighted by Gasteiger charge is -2.28. The Bertz CT molecular complexity index is 1700. The molecule has 0 aliphatic carbocycles. The van der Waals surface area contributed by atoms with E-state index in [1.807, 2.05) is 69.9 Å². The van der Waals surface area contributed by atoms with Crippen LogP contribution in [-0.2, 0) is 4.79 Å². The van der Waals surface area contributed by atoms with Gasteiger partial charge in [0.25, 0.3) is 0 Å². The summed E-state index contributed by atoms with van der Waals surface area (Å²) in [5, 5.41) is 16.9. The number of carboxylic acid groups (broad SMARTS) is 1. The number of aromatic carboxylic acids is 1. The SMILES string of the molecule is Cc1ccc(C(=O)O)cc1-n1c(C)cc([C@H]2[C@@H](c3ccccn3)NC(=S)N2c2ccc(NC(=O)C(C)C)c(Cl)c2)c1C. The quantitative estimate of drug-likeness (QED) is 0.198. The van der Waals surface area contributed by atoms with E-state index in [2.05, 4.69) is 26.3 Å². The number of benzene rings is 2. The number of thiocarbonyl (C=S) groups is 1. The van der Waals surface area contributed by atoms with Crippen LogP contribution in [0.4, 0.5) is 11.4 Å². The molecule has 0 bridgehead atoms. The molecule has 3 heterocycles. The van der Waals surface area contributed by atoms with Crippen molar-refractivity contribution in [3.05, 3.63) is 106 Å². The molecule has 1 saturated heterocycles. The number of carboxylic acids is 1. The number of pyridine rings is 1. The van der Waals surface area contributed by atoms with Crippen molar-refractivity contribution in [1.29, 1.82) is 0 Å². The lowest BCUT2D eigenvalue weighted by atomic mass is 9.96. The van der Waals surface area contributed by atoms with E-state index in [1.165, 1.54) is 0 Å². The lowest BCUT2D eigenvalue weighted by molar-refractivity contribution is -0.118. The second-order valence-electron chi connectivity index (χ2n) is 10.8. The molecule has 1 aliphatic rings. The Labute approximate surface area is 255 Å². The number of halogens is 1. The third kappa shape index (κ3) is 5.37. The maximum Gasteiger partial charge on any atom is 0.335 e. The largest absolute Gasteiger partial charge is 0.478 e. The van der Waals surface area contributed by atoms with E-state index in [9.17, 15) is 14.7 Å². The van der Waals surface area contributed by atoms with Crippen molar-refractivity contribution in [3.63, 3.8) is 0 Å². The van der Waals surface area contributed by atoms with E-state index in [0.717, 1.165) is 39.6 Å². The molecule has 216 valence electrons. The van der Waals surface area contributed by atoms with Crippen LogP contribution in [0.3, 0.4) is 0 Å². The summed E-state index contributed by atoms with van der Waals surface area (Å²) < 4.78 is 2.09. The number of nitrogens with zero attached hydrogens (tertiary/aromatic N) is 3. The van der Waals surface area contributed by atoms with Crippen LogP contribution in [-0.4, -0.2) is 31.6 Å². The average Bonchev–Trinajstić information content (AvgIpc) is 3.45. The summed E-state index contributed by atoms with van der Waals surface area (Å²) in [7, 11) is 0.